The van der Waals surface area contributed by atoms with Gasteiger partial charge >= 0.3 is 6.18 Å². The number of thiophene rings is 1. The molecule has 1 amide bonds. The highest BCUT2D eigenvalue weighted by Crippen LogP contribution is 2.25. The van der Waals surface area contributed by atoms with Crippen molar-refractivity contribution in [2.24, 2.45) is 0 Å². The summed E-state index contributed by atoms with van der Waals surface area (Å²) in [5.41, 5.74) is 1.13. The van der Waals surface area contributed by atoms with E-state index in [0.29, 0.717) is 10.2 Å². The van der Waals surface area contributed by atoms with Crippen LogP contribution in [0.25, 0.3) is 10.2 Å². The standard InChI is InChI=1S/C16H14F3N5OS/c1-9(10-4-2-3-6-20-10)22-15-23-11-5-7-26-13(11)12(24-15)14(25)21-8-16(17,18)19/h2-7,9H,8H2,1H3,(H,21,25)(H,22,23,24). The molecule has 0 bridgehead atoms. The minimum atomic E-state index is -4.49. The Labute approximate surface area is 150 Å². The van der Waals surface area contributed by atoms with E-state index in [1.165, 1.54) is 11.3 Å². The van der Waals surface area contributed by atoms with Gasteiger partial charge in [0.15, 0.2) is 5.69 Å². The molecule has 0 saturated heterocycles. The van der Waals surface area contributed by atoms with Crippen LogP contribution in [0.1, 0.15) is 29.1 Å². The lowest BCUT2D eigenvalue weighted by molar-refractivity contribution is -0.123. The molecule has 0 radical (unpaired) electrons. The van der Waals surface area contributed by atoms with Crippen molar-refractivity contribution < 1.29 is 18.0 Å². The number of aromatic nitrogens is 3. The molecule has 0 saturated carbocycles. The predicted molar refractivity (Wildman–Crippen MR) is 92.1 cm³/mol. The van der Waals surface area contributed by atoms with Crippen LogP contribution in [0.3, 0.4) is 0 Å². The second-order valence-electron chi connectivity index (χ2n) is 5.45. The quantitative estimate of drug-likeness (QED) is 0.707. The molecule has 26 heavy (non-hydrogen) atoms. The van der Waals surface area contributed by atoms with E-state index in [4.69, 9.17) is 0 Å². The molecule has 0 aliphatic rings. The summed E-state index contributed by atoms with van der Waals surface area (Å²) in [6, 6.07) is 6.86. The third kappa shape index (κ3) is 4.26. The van der Waals surface area contributed by atoms with Crippen molar-refractivity contribution in [3.8, 4) is 0 Å². The maximum atomic E-state index is 12.4. The van der Waals surface area contributed by atoms with Crippen molar-refractivity contribution >= 4 is 33.4 Å². The molecular weight excluding hydrogens is 367 g/mol. The number of nitrogens with one attached hydrogen (secondary N) is 2. The van der Waals surface area contributed by atoms with Crippen LogP contribution >= 0.6 is 11.3 Å². The Kier molecular flexibility index (Phi) is 5.03. The number of amides is 1. The minimum Gasteiger partial charge on any atom is -0.346 e. The summed E-state index contributed by atoms with van der Waals surface area (Å²) in [5.74, 6) is -0.753. The Morgan fingerprint density at radius 1 is 1.27 bits per heavy atom. The summed E-state index contributed by atoms with van der Waals surface area (Å²) in [6.45, 7) is 0.419. The maximum Gasteiger partial charge on any atom is 0.405 e. The monoisotopic (exact) mass is 381 g/mol. The Morgan fingerprint density at radius 2 is 2.08 bits per heavy atom. The van der Waals surface area contributed by atoms with Crippen molar-refractivity contribution in [1.29, 1.82) is 0 Å². The predicted octanol–water partition coefficient (Wildman–Crippen LogP) is 3.55. The van der Waals surface area contributed by atoms with Gasteiger partial charge in [-0.25, -0.2) is 9.97 Å². The lowest BCUT2D eigenvalue weighted by Gasteiger charge is -2.14. The summed E-state index contributed by atoms with van der Waals surface area (Å²) in [4.78, 5) is 24.8. The van der Waals surface area contributed by atoms with Crippen LogP contribution < -0.4 is 10.6 Å². The molecule has 3 aromatic rings. The van der Waals surface area contributed by atoms with E-state index in [1.807, 2.05) is 24.4 Å². The number of anilines is 1. The third-order valence-electron chi connectivity index (χ3n) is 3.45. The molecule has 6 nitrogen and oxygen atoms in total. The van der Waals surface area contributed by atoms with Gasteiger partial charge in [-0.15, -0.1) is 11.3 Å². The largest absolute Gasteiger partial charge is 0.405 e. The number of carbonyl (C=O) groups excluding carboxylic acids is 1. The van der Waals surface area contributed by atoms with Gasteiger partial charge in [0, 0.05) is 6.20 Å². The summed E-state index contributed by atoms with van der Waals surface area (Å²) in [5, 5.41) is 6.57. The van der Waals surface area contributed by atoms with Crippen LogP contribution in [0.2, 0.25) is 0 Å². The highest BCUT2D eigenvalue weighted by atomic mass is 32.1. The fourth-order valence-electron chi connectivity index (χ4n) is 2.25. The van der Waals surface area contributed by atoms with Gasteiger partial charge in [-0.2, -0.15) is 13.2 Å². The topological polar surface area (TPSA) is 79.8 Å². The highest BCUT2D eigenvalue weighted by molar-refractivity contribution is 7.17. The second kappa shape index (κ2) is 7.24. The van der Waals surface area contributed by atoms with Gasteiger partial charge in [0.05, 0.1) is 22.0 Å². The summed E-state index contributed by atoms with van der Waals surface area (Å²) in [7, 11) is 0. The zero-order valence-corrected chi connectivity index (χ0v) is 14.4. The molecule has 0 aliphatic heterocycles. The van der Waals surface area contributed by atoms with Crippen LogP contribution in [-0.2, 0) is 0 Å². The van der Waals surface area contributed by atoms with Gasteiger partial charge in [-0.3, -0.25) is 9.78 Å². The molecule has 1 unspecified atom stereocenters. The molecule has 3 aromatic heterocycles. The molecule has 0 aliphatic carbocycles. The zero-order valence-electron chi connectivity index (χ0n) is 13.5. The normalized spacial score (nSPS) is 12.8. The van der Waals surface area contributed by atoms with Crippen molar-refractivity contribution in [3.63, 3.8) is 0 Å². The summed E-state index contributed by atoms with van der Waals surface area (Å²) < 4.78 is 37.5. The van der Waals surface area contributed by atoms with E-state index in [9.17, 15) is 18.0 Å². The van der Waals surface area contributed by atoms with Crippen LogP contribution in [0.4, 0.5) is 19.1 Å². The number of rotatable bonds is 5. The molecular formula is C16H14F3N5OS. The van der Waals surface area contributed by atoms with E-state index < -0.39 is 18.6 Å². The number of pyridine rings is 1. The first-order valence-electron chi connectivity index (χ1n) is 7.61. The van der Waals surface area contributed by atoms with Crippen LogP contribution in [0.15, 0.2) is 35.8 Å². The highest BCUT2D eigenvalue weighted by Gasteiger charge is 2.29. The Morgan fingerprint density at radius 3 is 2.77 bits per heavy atom. The molecule has 0 fully saturated rings. The minimum absolute atomic E-state index is 0.0926. The number of fused-ring (bicyclic) bond motifs is 1. The van der Waals surface area contributed by atoms with Gasteiger partial charge in [0.2, 0.25) is 5.95 Å². The lowest BCUT2D eigenvalue weighted by atomic mass is 10.2. The Hall–Kier alpha value is -2.75. The molecule has 3 rings (SSSR count). The average Bonchev–Trinajstić information content (AvgIpc) is 3.07. The van der Waals surface area contributed by atoms with Crippen molar-refractivity contribution in [3.05, 3.63) is 47.2 Å². The molecule has 2 N–H and O–H groups in total. The smallest absolute Gasteiger partial charge is 0.346 e. The van der Waals surface area contributed by atoms with Gasteiger partial charge in [0.1, 0.15) is 6.54 Å². The zero-order chi connectivity index (χ0) is 18.7. The average molecular weight is 381 g/mol. The second-order valence-corrected chi connectivity index (χ2v) is 6.37. The van der Waals surface area contributed by atoms with Crippen LogP contribution in [0.5, 0.6) is 0 Å². The molecule has 0 aromatic carbocycles. The van der Waals surface area contributed by atoms with E-state index in [-0.39, 0.29) is 17.7 Å². The fourth-order valence-corrected chi connectivity index (χ4v) is 3.06. The van der Waals surface area contributed by atoms with E-state index in [2.05, 4.69) is 20.3 Å². The van der Waals surface area contributed by atoms with Gasteiger partial charge in [-0.05, 0) is 30.5 Å². The van der Waals surface area contributed by atoms with E-state index >= 15 is 0 Å². The fraction of sp³-hybridized carbons (Fsp3) is 0.250. The van der Waals surface area contributed by atoms with Crippen LogP contribution in [-0.4, -0.2) is 33.6 Å². The first-order chi connectivity index (χ1) is 12.3. The van der Waals surface area contributed by atoms with Crippen molar-refractivity contribution in [2.75, 3.05) is 11.9 Å². The molecule has 136 valence electrons. The number of hydrogen-bond donors (Lipinski definition) is 2. The number of halogens is 3. The molecule has 3 heterocycles. The van der Waals surface area contributed by atoms with E-state index in [0.717, 1.165) is 5.69 Å². The van der Waals surface area contributed by atoms with E-state index in [1.54, 1.807) is 23.7 Å². The number of carbonyl (C=O) groups is 1. The Bertz CT molecular complexity index is 913. The van der Waals surface area contributed by atoms with Crippen molar-refractivity contribution in [2.45, 2.75) is 19.1 Å². The Balaban J connectivity index is 1.87. The first kappa shape index (κ1) is 18.1. The summed E-state index contributed by atoms with van der Waals surface area (Å²) >= 11 is 1.19. The molecule has 10 heteroatoms. The third-order valence-corrected chi connectivity index (χ3v) is 4.36. The summed E-state index contributed by atoms with van der Waals surface area (Å²) in [6.07, 6.45) is -2.85. The van der Waals surface area contributed by atoms with Gasteiger partial charge < -0.3 is 10.6 Å². The van der Waals surface area contributed by atoms with Crippen LogP contribution in [0, 0.1) is 0 Å². The number of nitrogens with zero attached hydrogens (tertiary/aromatic N) is 3. The molecule has 0 spiro atoms. The molecule has 1 atom stereocenters. The maximum absolute atomic E-state index is 12.4. The SMILES string of the molecule is CC(Nc1nc(C(=O)NCC(F)(F)F)c2sccc2n1)c1ccccn1. The van der Waals surface area contributed by atoms with Crippen molar-refractivity contribution in [1.82, 2.24) is 20.3 Å². The number of hydrogen-bond acceptors (Lipinski definition) is 6. The van der Waals surface area contributed by atoms with Gasteiger partial charge in [-0.1, -0.05) is 6.07 Å². The van der Waals surface area contributed by atoms with Gasteiger partial charge in [0.25, 0.3) is 5.91 Å². The lowest BCUT2D eigenvalue weighted by Crippen LogP contribution is -2.34. The first-order valence-corrected chi connectivity index (χ1v) is 8.49. The number of alkyl halides is 3.